The molecule has 1 saturated heterocycles. The topological polar surface area (TPSA) is 49.8 Å². The molecule has 32 heavy (non-hydrogen) atoms. The Kier molecular flexibility index (Phi) is 5.85. The number of phenols is 1. The highest BCUT2D eigenvalue weighted by Gasteiger charge is 2.32. The lowest BCUT2D eigenvalue weighted by atomic mass is 9.69. The van der Waals surface area contributed by atoms with Crippen LogP contribution in [0.5, 0.6) is 11.5 Å². The number of benzene rings is 3. The summed E-state index contributed by atoms with van der Waals surface area (Å²) in [6.45, 7) is 2.01. The van der Waals surface area contributed by atoms with Gasteiger partial charge in [-0.05, 0) is 71.7 Å². The Balaban J connectivity index is 1.37. The molecule has 0 saturated carbocycles. The molecule has 1 amide bonds. The highest BCUT2D eigenvalue weighted by atomic mass is 16.5. The van der Waals surface area contributed by atoms with Crippen molar-refractivity contribution in [3.05, 3.63) is 95.1 Å². The maximum atomic E-state index is 11.8. The van der Waals surface area contributed by atoms with Gasteiger partial charge in [-0.25, -0.2) is 0 Å². The van der Waals surface area contributed by atoms with Crippen LogP contribution in [0.15, 0.2) is 72.8 Å². The van der Waals surface area contributed by atoms with Gasteiger partial charge in [0.05, 0.1) is 6.54 Å². The van der Waals surface area contributed by atoms with E-state index in [-0.39, 0.29) is 11.8 Å². The molecular weight excluding hydrogens is 398 g/mol. The van der Waals surface area contributed by atoms with Gasteiger partial charge in [0.15, 0.2) is 0 Å². The highest BCUT2D eigenvalue weighted by Crippen LogP contribution is 2.47. The van der Waals surface area contributed by atoms with Crippen LogP contribution < -0.4 is 4.74 Å². The lowest BCUT2D eigenvalue weighted by molar-refractivity contribution is -0.128. The Bertz CT molecular complexity index is 1080. The molecule has 2 unspecified atom stereocenters. The number of phenolic OH excluding ortho intramolecular Hbond substituents is 1. The number of hydrogen-bond acceptors (Lipinski definition) is 3. The fourth-order valence-electron chi connectivity index (χ4n) is 5.26. The van der Waals surface area contributed by atoms with Gasteiger partial charge >= 0.3 is 0 Å². The first-order chi connectivity index (χ1) is 15.7. The zero-order chi connectivity index (χ0) is 21.9. The van der Waals surface area contributed by atoms with Gasteiger partial charge in [0, 0.05) is 18.9 Å². The number of ether oxygens (including phenoxy) is 1. The molecule has 0 radical (unpaired) electrons. The number of aromatic hydroxyl groups is 1. The van der Waals surface area contributed by atoms with E-state index >= 15 is 0 Å². The van der Waals surface area contributed by atoms with Crippen molar-refractivity contribution in [3.8, 4) is 11.5 Å². The van der Waals surface area contributed by atoms with E-state index in [2.05, 4.69) is 48.5 Å². The largest absolute Gasteiger partial charge is 0.508 e. The van der Waals surface area contributed by atoms with Crippen molar-refractivity contribution in [3.63, 3.8) is 0 Å². The zero-order valence-electron chi connectivity index (χ0n) is 18.2. The molecular formula is C28H29NO3. The van der Waals surface area contributed by atoms with E-state index in [1.165, 1.54) is 22.3 Å². The predicted molar refractivity (Wildman–Crippen MR) is 125 cm³/mol. The fourth-order valence-corrected chi connectivity index (χ4v) is 5.26. The second-order valence-corrected chi connectivity index (χ2v) is 8.82. The number of hydrogen-bond donors (Lipinski definition) is 1. The number of carbonyl (C=O) groups excluding carboxylic acids is 1. The molecule has 1 aliphatic heterocycles. The van der Waals surface area contributed by atoms with Crippen molar-refractivity contribution >= 4 is 5.91 Å². The minimum absolute atomic E-state index is 0.234. The first kappa shape index (κ1) is 20.6. The molecule has 4 nitrogen and oxygen atoms in total. The van der Waals surface area contributed by atoms with Gasteiger partial charge in [-0.2, -0.15) is 0 Å². The van der Waals surface area contributed by atoms with Gasteiger partial charge in [-0.1, -0.05) is 48.5 Å². The second kappa shape index (κ2) is 9.07. The van der Waals surface area contributed by atoms with Crippen LogP contribution in [-0.2, 0) is 11.2 Å². The summed E-state index contributed by atoms with van der Waals surface area (Å²) in [7, 11) is 0. The Hall–Kier alpha value is -3.27. The molecule has 0 bridgehead atoms. The van der Waals surface area contributed by atoms with Crippen LogP contribution in [-0.4, -0.2) is 35.6 Å². The van der Waals surface area contributed by atoms with E-state index in [1.54, 1.807) is 6.07 Å². The molecule has 2 atom stereocenters. The molecule has 4 heteroatoms. The quantitative estimate of drug-likeness (QED) is 0.584. The molecule has 1 aliphatic carbocycles. The van der Waals surface area contributed by atoms with Gasteiger partial charge < -0.3 is 14.7 Å². The van der Waals surface area contributed by atoms with Gasteiger partial charge in [-0.15, -0.1) is 0 Å². The summed E-state index contributed by atoms with van der Waals surface area (Å²) in [4.78, 5) is 13.6. The van der Waals surface area contributed by atoms with Crippen LogP contribution in [0.4, 0.5) is 0 Å². The SMILES string of the molecule is O=C1CCCN1CCOc1ccc(C2c3ccc(O)cc3CCC2c2ccccc2)cc1. The van der Waals surface area contributed by atoms with Crippen molar-refractivity contribution in [2.24, 2.45) is 0 Å². The molecule has 1 fully saturated rings. The second-order valence-electron chi connectivity index (χ2n) is 8.82. The fraction of sp³-hybridized carbons (Fsp3) is 0.321. The third kappa shape index (κ3) is 4.22. The normalized spacial score (nSPS) is 20.2. The van der Waals surface area contributed by atoms with Crippen LogP contribution in [0.3, 0.4) is 0 Å². The van der Waals surface area contributed by atoms with Crippen molar-refractivity contribution in [2.75, 3.05) is 19.7 Å². The number of carbonyl (C=O) groups is 1. The monoisotopic (exact) mass is 427 g/mol. The molecule has 5 rings (SSSR count). The summed E-state index contributed by atoms with van der Waals surface area (Å²) >= 11 is 0. The van der Waals surface area contributed by atoms with E-state index < -0.39 is 0 Å². The van der Waals surface area contributed by atoms with Crippen LogP contribution in [0.2, 0.25) is 0 Å². The number of likely N-dealkylation sites (tertiary alicyclic amines) is 1. The molecule has 3 aromatic carbocycles. The molecule has 1 heterocycles. The number of nitrogens with zero attached hydrogens (tertiary/aromatic N) is 1. The smallest absolute Gasteiger partial charge is 0.222 e. The van der Waals surface area contributed by atoms with Gasteiger partial charge in [0.1, 0.15) is 18.1 Å². The van der Waals surface area contributed by atoms with E-state index in [0.717, 1.165) is 31.6 Å². The number of amides is 1. The highest BCUT2D eigenvalue weighted by molar-refractivity contribution is 5.78. The Morgan fingerprint density at radius 1 is 0.938 bits per heavy atom. The molecule has 3 aromatic rings. The van der Waals surface area contributed by atoms with Crippen LogP contribution >= 0.6 is 0 Å². The third-order valence-corrected chi connectivity index (χ3v) is 6.86. The van der Waals surface area contributed by atoms with E-state index in [0.29, 0.717) is 31.2 Å². The van der Waals surface area contributed by atoms with Crippen LogP contribution in [0.1, 0.15) is 53.4 Å². The Morgan fingerprint density at radius 2 is 1.75 bits per heavy atom. The van der Waals surface area contributed by atoms with E-state index in [9.17, 15) is 9.90 Å². The minimum atomic E-state index is 0.234. The first-order valence-electron chi connectivity index (χ1n) is 11.6. The maximum Gasteiger partial charge on any atom is 0.222 e. The van der Waals surface area contributed by atoms with Crippen molar-refractivity contribution in [1.29, 1.82) is 0 Å². The lowest BCUT2D eigenvalue weighted by Gasteiger charge is -2.35. The lowest BCUT2D eigenvalue weighted by Crippen LogP contribution is -2.29. The predicted octanol–water partition coefficient (Wildman–Crippen LogP) is 5.26. The molecule has 1 N–H and O–H groups in total. The summed E-state index contributed by atoms with van der Waals surface area (Å²) in [6.07, 6.45) is 3.64. The van der Waals surface area contributed by atoms with Crippen molar-refractivity contribution in [1.82, 2.24) is 4.90 Å². The number of rotatable bonds is 6. The van der Waals surface area contributed by atoms with Crippen LogP contribution in [0, 0.1) is 0 Å². The van der Waals surface area contributed by atoms with E-state index in [4.69, 9.17) is 4.74 Å². The average molecular weight is 428 g/mol. The van der Waals surface area contributed by atoms with E-state index in [1.807, 2.05) is 23.1 Å². The number of aryl methyl sites for hydroxylation is 1. The Morgan fingerprint density at radius 3 is 2.50 bits per heavy atom. The molecule has 0 aromatic heterocycles. The molecule has 2 aliphatic rings. The third-order valence-electron chi connectivity index (χ3n) is 6.86. The average Bonchev–Trinajstić information content (AvgIpc) is 3.24. The summed E-state index contributed by atoms with van der Waals surface area (Å²) in [5, 5.41) is 10.0. The minimum Gasteiger partial charge on any atom is -0.508 e. The zero-order valence-corrected chi connectivity index (χ0v) is 18.2. The van der Waals surface area contributed by atoms with Crippen molar-refractivity contribution < 1.29 is 14.6 Å². The van der Waals surface area contributed by atoms with Crippen molar-refractivity contribution in [2.45, 2.75) is 37.5 Å². The van der Waals surface area contributed by atoms with Gasteiger partial charge in [-0.3, -0.25) is 4.79 Å². The standard InChI is InChI=1S/C28H29NO3/c30-23-11-15-26-22(19-23)10-14-25(20-5-2-1-3-6-20)28(26)21-8-12-24(13-9-21)32-18-17-29-16-4-7-27(29)31/h1-3,5-6,8-9,11-13,15,19,25,28,30H,4,7,10,14,16-18H2. The number of fused-ring (bicyclic) bond motifs is 1. The van der Waals surface area contributed by atoms with Gasteiger partial charge in [0.2, 0.25) is 5.91 Å². The summed E-state index contributed by atoms with van der Waals surface area (Å²) in [5.74, 6) is 2.02. The summed E-state index contributed by atoms with van der Waals surface area (Å²) < 4.78 is 5.93. The summed E-state index contributed by atoms with van der Waals surface area (Å²) in [6, 6.07) is 24.9. The molecule has 164 valence electrons. The van der Waals surface area contributed by atoms with Gasteiger partial charge in [0.25, 0.3) is 0 Å². The maximum absolute atomic E-state index is 11.8. The van der Waals surface area contributed by atoms with Crippen LogP contribution in [0.25, 0.3) is 0 Å². The summed E-state index contributed by atoms with van der Waals surface area (Å²) in [5.41, 5.74) is 5.14. The first-order valence-corrected chi connectivity index (χ1v) is 11.6. The Labute approximate surface area is 189 Å². The molecule has 0 spiro atoms.